The Kier molecular flexibility index (Phi) is 5.95. The number of rotatable bonds is 6. The number of hydrogen-bond acceptors (Lipinski definition) is 4. The Morgan fingerprint density at radius 2 is 1.83 bits per heavy atom. The van der Waals surface area contributed by atoms with E-state index in [0.717, 1.165) is 0 Å². The maximum atomic E-state index is 12.4. The van der Waals surface area contributed by atoms with Gasteiger partial charge in [-0.2, -0.15) is 0 Å². The molecular weight excluding hydrogens is 332 g/mol. The summed E-state index contributed by atoms with van der Waals surface area (Å²) < 4.78 is 25.1. The minimum atomic E-state index is -3.24. The lowest BCUT2D eigenvalue weighted by atomic mass is 9.96. The standard InChI is InChI=1S/C16H22N2O5S/c1-2-24(22,23)18-10-8-13(9-11-18)15(19)17-14(16(20)21)12-6-4-3-5-7-12/h3-7,13-14H,2,8-11H2,1H3,(H,17,19)(H,20,21)/t14-/m0/s1. The summed E-state index contributed by atoms with van der Waals surface area (Å²) >= 11 is 0. The number of carboxylic acid groups (broad SMARTS) is 1. The first-order chi connectivity index (χ1) is 11.3. The molecule has 1 atom stereocenters. The number of sulfonamides is 1. The number of benzene rings is 1. The fourth-order valence-corrected chi connectivity index (χ4v) is 3.90. The Morgan fingerprint density at radius 3 is 2.33 bits per heavy atom. The van der Waals surface area contributed by atoms with Gasteiger partial charge in [-0.1, -0.05) is 30.3 Å². The zero-order valence-corrected chi connectivity index (χ0v) is 14.3. The van der Waals surface area contributed by atoms with E-state index in [-0.39, 0.29) is 30.7 Å². The van der Waals surface area contributed by atoms with E-state index in [1.165, 1.54) is 4.31 Å². The van der Waals surface area contributed by atoms with Crippen molar-refractivity contribution in [3.63, 3.8) is 0 Å². The molecule has 1 fully saturated rings. The van der Waals surface area contributed by atoms with Crippen LogP contribution in [0.15, 0.2) is 30.3 Å². The molecule has 0 unspecified atom stereocenters. The van der Waals surface area contributed by atoms with Crippen LogP contribution in [0.1, 0.15) is 31.4 Å². The van der Waals surface area contributed by atoms with Crippen LogP contribution in [0.5, 0.6) is 0 Å². The van der Waals surface area contributed by atoms with Gasteiger partial charge >= 0.3 is 5.97 Å². The number of carboxylic acids is 1. The monoisotopic (exact) mass is 354 g/mol. The summed E-state index contributed by atoms with van der Waals surface area (Å²) in [4.78, 5) is 23.8. The van der Waals surface area contributed by atoms with Crippen LogP contribution in [0, 0.1) is 5.92 Å². The SMILES string of the molecule is CCS(=O)(=O)N1CCC(C(=O)N[C@H](C(=O)O)c2ccccc2)CC1. The molecule has 0 radical (unpaired) electrons. The van der Waals surface area contributed by atoms with E-state index in [9.17, 15) is 23.1 Å². The van der Waals surface area contributed by atoms with E-state index in [1.807, 2.05) is 0 Å². The Bertz CT molecular complexity index is 682. The fraction of sp³-hybridized carbons (Fsp3) is 0.500. The molecule has 0 spiro atoms. The summed E-state index contributed by atoms with van der Waals surface area (Å²) in [6.07, 6.45) is 0.790. The average Bonchev–Trinajstić information content (AvgIpc) is 2.60. The molecule has 0 aromatic heterocycles. The Balaban J connectivity index is 1.99. The highest BCUT2D eigenvalue weighted by Crippen LogP contribution is 2.22. The molecule has 24 heavy (non-hydrogen) atoms. The zero-order chi connectivity index (χ0) is 17.7. The molecule has 1 aliphatic heterocycles. The molecular formula is C16H22N2O5S. The predicted octanol–water partition coefficient (Wildman–Crippen LogP) is 0.990. The van der Waals surface area contributed by atoms with Crippen molar-refractivity contribution in [2.24, 2.45) is 5.92 Å². The molecule has 7 nitrogen and oxygen atoms in total. The second-order valence-corrected chi connectivity index (χ2v) is 8.02. The van der Waals surface area contributed by atoms with Crippen LogP contribution in [-0.2, 0) is 19.6 Å². The van der Waals surface area contributed by atoms with Gasteiger partial charge in [-0.25, -0.2) is 17.5 Å². The van der Waals surface area contributed by atoms with Gasteiger partial charge in [0.1, 0.15) is 0 Å². The normalized spacial score (nSPS) is 18.0. The third-order valence-corrected chi connectivity index (χ3v) is 6.13. The molecule has 8 heteroatoms. The lowest BCUT2D eigenvalue weighted by Gasteiger charge is -2.30. The van der Waals surface area contributed by atoms with E-state index in [0.29, 0.717) is 18.4 Å². The van der Waals surface area contributed by atoms with Gasteiger partial charge in [0.15, 0.2) is 6.04 Å². The smallest absolute Gasteiger partial charge is 0.330 e. The predicted molar refractivity (Wildman–Crippen MR) is 88.7 cm³/mol. The highest BCUT2D eigenvalue weighted by Gasteiger charge is 2.32. The molecule has 1 aromatic carbocycles. The lowest BCUT2D eigenvalue weighted by Crippen LogP contribution is -2.45. The number of nitrogens with zero attached hydrogens (tertiary/aromatic N) is 1. The Hall–Kier alpha value is -1.93. The maximum Gasteiger partial charge on any atom is 0.330 e. The summed E-state index contributed by atoms with van der Waals surface area (Å²) in [6, 6.07) is 7.40. The number of hydrogen-bond donors (Lipinski definition) is 2. The second-order valence-electron chi connectivity index (χ2n) is 5.76. The van der Waals surface area contributed by atoms with Gasteiger partial charge < -0.3 is 10.4 Å². The summed E-state index contributed by atoms with van der Waals surface area (Å²) in [5.74, 6) is -1.81. The highest BCUT2D eigenvalue weighted by molar-refractivity contribution is 7.89. The molecule has 2 N–H and O–H groups in total. The first kappa shape index (κ1) is 18.4. The number of piperidine rings is 1. The number of carbonyl (C=O) groups is 2. The summed E-state index contributed by atoms with van der Waals surface area (Å²) in [7, 11) is -3.24. The molecule has 132 valence electrons. The van der Waals surface area contributed by atoms with Crippen molar-refractivity contribution in [2.75, 3.05) is 18.8 Å². The van der Waals surface area contributed by atoms with Gasteiger partial charge in [0.2, 0.25) is 15.9 Å². The van der Waals surface area contributed by atoms with Crippen LogP contribution in [0.4, 0.5) is 0 Å². The Labute approximate surface area is 141 Å². The minimum Gasteiger partial charge on any atom is -0.479 e. The van der Waals surface area contributed by atoms with Crippen molar-refractivity contribution in [3.8, 4) is 0 Å². The molecule has 1 saturated heterocycles. The summed E-state index contributed by atoms with van der Waals surface area (Å²) in [5.41, 5.74) is 0.504. The maximum absolute atomic E-state index is 12.4. The number of carbonyl (C=O) groups excluding carboxylic acids is 1. The number of aliphatic carboxylic acids is 1. The van der Waals surface area contributed by atoms with Gasteiger partial charge in [0.05, 0.1) is 5.75 Å². The van der Waals surface area contributed by atoms with Gasteiger partial charge in [-0.3, -0.25) is 4.79 Å². The molecule has 1 amide bonds. The van der Waals surface area contributed by atoms with Gasteiger partial charge in [0.25, 0.3) is 0 Å². The third-order valence-electron chi connectivity index (χ3n) is 4.25. The first-order valence-electron chi connectivity index (χ1n) is 7.91. The van der Waals surface area contributed by atoms with Crippen LogP contribution in [0.2, 0.25) is 0 Å². The summed E-state index contributed by atoms with van der Waals surface area (Å²) in [6.45, 7) is 2.17. The van der Waals surface area contributed by atoms with Crippen molar-refractivity contribution in [3.05, 3.63) is 35.9 Å². The fourth-order valence-electron chi connectivity index (χ4n) is 2.77. The van der Waals surface area contributed by atoms with Gasteiger partial charge in [-0.15, -0.1) is 0 Å². The highest BCUT2D eigenvalue weighted by atomic mass is 32.2. The first-order valence-corrected chi connectivity index (χ1v) is 9.52. The zero-order valence-electron chi connectivity index (χ0n) is 13.5. The molecule has 1 aliphatic rings. The van der Waals surface area contributed by atoms with E-state index < -0.39 is 22.0 Å². The number of nitrogens with one attached hydrogen (secondary N) is 1. The molecule has 1 aromatic rings. The van der Waals surface area contributed by atoms with Crippen LogP contribution in [0.3, 0.4) is 0 Å². The van der Waals surface area contributed by atoms with Gasteiger partial charge in [0, 0.05) is 19.0 Å². The molecule has 0 saturated carbocycles. The second kappa shape index (κ2) is 7.76. The summed E-state index contributed by atoms with van der Waals surface area (Å²) in [5, 5.41) is 11.9. The largest absolute Gasteiger partial charge is 0.479 e. The van der Waals surface area contributed by atoms with Crippen LogP contribution in [-0.4, -0.2) is 48.5 Å². The quantitative estimate of drug-likeness (QED) is 0.793. The molecule has 0 aliphatic carbocycles. The van der Waals surface area contributed by atoms with E-state index >= 15 is 0 Å². The van der Waals surface area contributed by atoms with Crippen molar-refractivity contribution in [1.82, 2.24) is 9.62 Å². The molecule has 2 rings (SSSR count). The van der Waals surface area contributed by atoms with E-state index in [1.54, 1.807) is 37.3 Å². The third kappa shape index (κ3) is 4.33. The van der Waals surface area contributed by atoms with Crippen molar-refractivity contribution in [1.29, 1.82) is 0 Å². The topological polar surface area (TPSA) is 104 Å². The van der Waals surface area contributed by atoms with E-state index in [2.05, 4.69) is 5.32 Å². The van der Waals surface area contributed by atoms with Crippen molar-refractivity contribution < 1.29 is 23.1 Å². The minimum absolute atomic E-state index is 0.0406. The molecule has 1 heterocycles. The van der Waals surface area contributed by atoms with Crippen LogP contribution >= 0.6 is 0 Å². The molecule has 0 bridgehead atoms. The average molecular weight is 354 g/mol. The van der Waals surface area contributed by atoms with Crippen LogP contribution < -0.4 is 5.32 Å². The Morgan fingerprint density at radius 1 is 1.25 bits per heavy atom. The lowest BCUT2D eigenvalue weighted by molar-refractivity contribution is -0.142. The van der Waals surface area contributed by atoms with Gasteiger partial charge in [-0.05, 0) is 25.3 Å². The van der Waals surface area contributed by atoms with E-state index in [4.69, 9.17) is 0 Å². The van der Waals surface area contributed by atoms with Crippen LogP contribution in [0.25, 0.3) is 0 Å². The number of amides is 1. The van der Waals surface area contributed by atoms with Crippen molar-refractivity contribution >= 4 is 21.9 Å². The van der Waals surface area contributed by atoms with Crippen molar-refractivity contribution in [2.45, 2.75) is 25.8 Å².